The molecule has 40 heavy (non-hydrogen) atoms. The highest BCUT2D eigenvalue weighted by Gasteiger charge is 2.46. The molecule has 0 amide bonds. The van der Waals surface area contributed by atoms with Gasteiger partial charge in [0.1, 0.15) is 18.3 Å². The average Bonchev–Trinajstić information content (AvgIpc) is 2.84. The van der Waals surface area contributed by atoms with Gasteiger partial charge in [0, 0.05) is 38.7 Å². The first-order chi connectivity index (χ1) is 18.7. The SMILES string of the molecule is C=C1C[C@@H](OC(=O)CC(C)=O)/C=C(\C)CC[C@@H]2C([C@H](OC(C)=O)[C@H](C=C(C)C)OC(C)=O)=CO[C@H](OC(C)=O)[C@@H]12. The van der Waals surface area contributed by atoms with Crippen molar-refractivity contribution < 1.29 is 47.7 Å². The first-order valence-corrected chi connectivity index (χ1v) is 13.2. The van der Waals surface area contributed by atoms with Crippen LogP contribution in [0.25, 0.3) is 0 Å². The van der Waals surface area contributed by atoms with Gasteiger partial charge in [-0.25, -0.2) is 0 Å². The maximum atomic E-state index is 12.3. The summed E-state index contributed by atoms with van der Waals surface area (Å²) in [4.78, 5) is 60.0. The topological polar surface area (TPSA) is 132 Å². The monoisotopic (exact) mass is 560 g/mol. The molecule has 0 aromatic carbocycles. The Morgan fingerprint density at radius 1 is 1.00 bits per heavy atom. The number of allylic oxidation sites excluding steroid dienone is 2. The standard InChI is InChI=1S/C30H40O10/c1-16(2)11-26(37-20(6)32)29(38-21(7)33)25-15-36-30(39-22(8)34)28-18(4)13-23(40-27(35)14-19(5)31)12-17(3)9-10-24(25)28/h11-12,15,23-24,26,28-30H,4,9-10,13-14H2,1-3,5-8H3/b17-12+/t23-,24+,26-,28-,29-,30+/m0/s1. The fraction of sp³-hybridized carbons (Fsp3) is 0.567. The van der Waals surface area contributed by atoms with E-state index >= 15 is 0 Å². The van der Waals surface area contributed by atoms with Crippen molar-refractivity contribution in [1.82, 2.24) is 0 Å². The molecule has 2 aliphatic rings. The molecule has 0 bridgehead atoms. The maximum absolute atomic E-state index is 12.3. The van der Waals surface area contributed by atoms with E-state index in [1.807, 2.05) is 26.8 Å². The van der Waals surface area contributed by atoms with Crippen molar-refractivity contribution in [2.24, 2.45) is 11.8 Å². The maximum Gasteiger partial charge on any atom is 0.313 e. The number of ketones is 1. The molecule has 220 valence electrons. The summed E-state index contributed by atoms with van der Waals surface area (Å²) < 4.78 is 28.3. The van der Waals surface area contributed by atoms with Gasteiger partial charge in [0.05, 0.1) is 12.2 Å². The molecule has 0 spiro atoms. The molecule has 1 aliphatic carbocycles. The second-order valence-electron chi connectivity index (χ2n) is 10.5. The van der Waals surface area contributed by atoms with Gasteiger partial charge < -0.3 is 23.7 Å². The fourth-order valence-corrected chi connectivity index (χ4v) is 5.01. The number of rotatable bonds is 9. The number of hydrogen-bond acceptors (Lipinski definition) is 10. The smallest absolute Gasteiger partial charge is 0.313 e. The largest absolute Gasteiger partial charge is 0.462 e. The molecule has 0 saturated heterocycles. The molecular weight excluding hydrogens is 520 g/mol. The fourth-order valence-electron chi connectivity index (χ4n) is 5.01. The van der Waals surface area contributed by atoms with Gasteiger partial charge in [-0.05, 0) is 52.7 Å². The van der Waals surface area contributed by atoms with Crippen LogP contribution in [-0.4, -0.2) is 54.3 Å². The van der Waals surface area contributed by atoms with E-state index in [4.69, 9.17) is 23.7 Å². The third-order valence-corrected chi connectivity index (χ3v) is 6.43. The Hall–Kier alpha value is -3.69. The molecule has 0 unspecified atom stereocenters. The van der Waals surface area contributed by atoms with Gasteiger partial charge in [0.15, 0.2) is 12.2 Å². The molecule has 0 saturated carbocycles. The highest BCUT2D eigenvalue weighted by molar-refractivity contribution is 5.94. The summed E-state index contributed by atoms with van der Waals surface area (Å²) in [6.45, 7) is 14.9. The normalized spacial score (nSPS) is 25.3. The number of carbonyl (C=O) groups excluding carboxylic acids is 5. The molecular formula is C30H40O10. The summed E-state index contributed by atoms with van der Waals surface area (Å²) in [6.07, 6.45) is 2.10. The van der Waals surface area contributed by atoms with Gasteiger partial charge in [-0.1, -0.05) is 23.3 Å². The number of hydrogen-bond donors (Lipinski definition) is 0. The van der Waals surface area contributed by atoms with Crippen LogP contribution in [0, 0.1) is 11.8 Å². The number of ether oxygens (including phenoxy) is 5. The molecule has 1 aliphatic heterocycles. The third kappa shape index (κ3) is 9.81. The van der Waals surface area contributed by atoms with E-state index in [1.165, 1.54) is 34.0 Å². The molecule has 6 atom stereocenters. The van der Waals surface area contributed by atoms with E-state index in [9.17, 15) is 24.0 Å². The van der Waals surface area contributed by atoms with Crippen molar-refractivity contribution >= 4 is 29.7 Å². The lowest BCUT2D eigenvalue weighted by Crippen LogP contribution is -2.45. The van der Waals surface area contributed by atoms with Gasteiger partial charge in [0.25, 0.3) is 0 Å². The number of Topliss-reactive ketones (excluding diaryl/α,β-unsaturated/α-hetero) is 1. The van der Waals surface area contributed by atoms with E-state index in [2.05, 4.69) is 6.58 Å². The Morgan fingerprint density at radius 3 is 2.20 bits per heavy atom. The van der Waals surface area contributed by atoms with Crippen LogP contribution in [0.2, 0.25) is 0 Å². The molecule has 0 radical (unpaired) electrons. The highest BCUT2D eigenvalue weighted by Crippen LogP contribution is 2.44. The molecule has 0 aromatic heterocycles. The van der Waals surface area contributed by atoms with Crippen LogP contribution in [0.3, 0.4) is 0 Å². The van der Waals surface area contributed by atoms with Crippen LogP contribution in [0.4, 0.5) is 0 Å². The molecule has 0 N–H and O–H groups in total. The molecule has 2 rings (SSSR count). The first-order valence-electron chi connectivity index (χ1n) is 13.2. The van der Waals surface area contributed by atoms with Crippen molar-refractivity contribution in [3.63, 3.8) is 0 Å². The zero-order valence-corrected chi connectivity index (χ0v) is 24.3. The van der Waals surface area contributed by atoms with Crippen molar-refractivity contribution in [2.75, 3.05) is 0 Å². The molecule has 10 nitrogen and oxygen atoms in total. The molecule has 0 fully saturated rings. The summed E-state index contributed by atoms with van der Waals surface area (Å²) in [5, 5.41) is 0. The second-order valence-corrected chi connectivity index (χ2v) is 10.5. The average molecular weight is 561 g/mol. The lowest BCUT2D eigenvalue weighted by molar-refractivity contribution is -0.182. The number of fused-ring (bicyclic) bond motifs is 1. The summed E-state index contributed by atoms with van der Waals surface area (Å²) in [5.41, 5.74) is 2.87. The Labute approximate surface area is 235 Å². The van der Waals surface area contributed by atoms with Crippen LogP contribution in [0.1, 0.15) is 74.1 Å². The van der Waals surface area contributed by atoms with Crippen LogP contribution in [-0.2, 0) is 47.7 Å². The lowest BCUT2D eigenvalue weighted by Gasteiger charge is -2.41. The minimum Gasteiger partial charge on any atom is -0.462 e. The van der Waals surface area contributed by atoms with Gasteiger partial charge >= 0.3 is 23.9 Å². The Bertz CT molecular complexity index is 1110. The van der Waals surface area contributed by atoms with Gasteiger partial charge in [0.2, 0.25) is 6.29 Å². The minimum atomic E-state index is -1.04. The zero-order valence-electron chi connectivity index (χ0n) is 24.3. The van der Waals surface area contributed by atoms with Crippen molar-refractivity contribution in [3.8, 4) is 0 Å². The van der Waals surface area contributed by atoms with Crippen LogP contribution in [0.15, 0.2) is 47.3 Å². The quantitative estimate of drug-likeness (QED) is 0.173. The summed E-state index contributed by atoms with van der Waals surface area (Å²) in [5.74, 6) is -3.69. The Balaban J connectivity index is 2.59. The van der Waals surface area contributed by atoms with E-state index in [0.717, 1.165) is 11.1 Å². The van der Waals surface area contributed by atoms with Crippen LogP contribution in [0.5, 0.6) is 0 Å². The predicted molar refractivity (Wildman–Crippen MR) is 144 cm³/mol. The van der Waals surface area contributed by atoms with E-state index < -0.39 is 60.3 Å². The first kappa shape index (κ1) is 32.5. The predicted octanol–water partition coefficient (Wildman–Crippen LogP) is 4.43. The van der Waals surface area contributed by atoms with Crippen molar-refractivity contribution in [3.05, 3.63) is 47.3 Å². The van der Waals surface area contributed by atoms with Crippen LogP contribution < -0.4 is 0 Å². The lowest BCUT2D eigenvalue weighted by atomic mass is 9.74. The van der Waals surface area contributed by atoms with Gasteiger partial charge in [-0.3, -0.25) is 24.0 Å². The van der Waals surface area contributed by atoms with Gasteiger partial charge in [-0.2, -0.15) is 0 Å². The second kappa shape index (κ2) is 14.6. The van der Waals surface area contributed by atoms with Crippen LogP contribution >= 0.6 is 0 Å². The van der Waals surface area contributed by atoms with Crippen molar-refractivity contribution in [1.29, 1.82) is 0 Å². The molecule has 0 aromatic rings. The Kier molecular flexibility index (Phi) is 11.9. The van der Waals surface area contributed by atoms with E-state index in [-0.39, 0.29) is 18.6 Å². The summed E-state index contributed by atoms with van der Waals surface area (Å²) in [6, 6.07) is 0. The highest BCUT2D eigenvalue weighted by atomic mass is 16.7. The van der Waals surface area contributed by atoms with E-state index in [0.29, 0.717) is 24.0 Å². The third-order valence-electron chi connectivity index (χ3n) is 6.43. The summed E-state index contributed by atoms with van der Waals surface area (Å²) >= 11 is 0. The van der Waals surface area contributed by atoms with E-state index in [1.54, 1.807) is 6.08 Å². The molecule has 1 heterocycles. The van der Waals surface area contributed by atoms with Gasteiger partial charge in [-0.15, -0.1) is 0 Å². The molecule has 10 heteroatoms. The number of esters is 4. The van der Waals surface area contributed by atoms with Crippen molar-refractivity contribution in [2.45, 2.75) is 98.8 Å². The minimum absolute atomic E-state index is 0.177. The number of carbonyl (C=O) groups is 5. The zero-order chi connectivity index (χ0) is 30.1. The summed E-state index contributed by atoms with van der Waals surface area (Å²) in [7, 11) is 0. The Morgan fingerprint density at radius 2 is 1.65 bits per heavy atom.